The number of benzene rings is 2. The fourth-order valence-corrected chi connectivity index (χ4v) is 2.55. The molecule has 0 saturated heterocycles. The summed E-state index contributed by atoms with van der Waals surface area (Å²) in [5.41, 5.74) is 2.17. The second-order valence-electron chi connectivity index (χ2n) is 5.25. The summed E-state index contributed by atoms with van der Waals surface area (Å²) < 4.78 is 0. The summed E-state index contributed by atoms with van der Waals surface area (Å²) in [4.78, 5) is 9.16. The number of hydrogen-bond donors (Lipinski definition) is 2. The minimum atomic E-state index is 0.647. The largest absolute Gasteiger partial charge is 0.370 e. The van der Waals surface area contributed by atoms with Gasteiger partial charge < -0.3 is 10.6 Å². The number of rotatable bonds is 6. The van der Waals surface area contributed by atoms with E-state index in [1.165, 1.54) is 5.56 Å². The Morgan fingerprint density at radius 3 is 2.52 bits per heavy atom. The van der Waals surface area contributed by atoms with Crippen LogP contribution < -0.4 is 10.6 Å². The first-order valence-electron chi connectivity index (χ1n) is 7.75. The highest BCUT2D eigenvalue weighted by Gasteiger charge is 2.06. The van der Waals surface area contributed by atoms with Gasteiger partial charge in [0.05, 0.1) is 5.52 Å². The summed E-state index contributed by atoms with van der Waals surface area (Å²) >= 11 is 5.90. The van der Waals surface area contributed by atoms with Crippen molar-refractivity contribution < 1.29 is 0 Å². The molecule has 5 heteroatoms. The van der Waals surface area contributed by atoms with Crippen LogP contribution in [-0.4, -0.2) is 23.1 Å². The molecule has 2 aromatic carbocycles. The molecular formula is C18H19ClN4. The van der Waals surface area contributed by atoms with E-state index in [0.717, 1.165) is 41.3 Å². The molecule has 0 fully saturated rings. The zero-order valence-electron chi connectivity index (χ0n) is 13.0. The first kappa shape index (κ1) is 15.6. The third-order valence-corrected chi connectivity index (χ3v) is 3.81. The molecule has 1 aromatic heterocycles. The molecule has 0 unspecified atom stereocenters. The van der Waals surface area contributed by atoms with E-state index in [-0.39, 0.29) is 0 Å². The van der Waals surface area contributed by atoms with Crippen molar-refractivity contribution in [1.29, 1.82) is 0 Å². The molecule has 3 aromatic rings. The minimum Gasteiger partial charge on any atom is -0.370 e. The third-order valence-electron chi connectivity index (χ3n) is 3.56. The Bertz CT molecular complexity index is 787. The molecule has 3 rings (SSSR count). The van der Waals surface area contributed by atoms with Crippen LogP contribution in [0.25, 0.3) is 10.9 Å². The molecule has 4 nitrogen and oxygen atoms in total. The van der Waals surface area contributed by atoms with Crippen LogP contribution in [0.2, 0.25) is 5.02 Å². The van der Waals surface area contributed by atoms with Gasteiger partial charge in [0.2, 0.25) is 5.95 Å². The van der Waals surface area contributed by atoms with Crippen LogP contribution in [-0.2, 0) is 6.42 Å². The lowest BCUT2D eigenvalue weighted by molar-refractivity contribution is 0.989. The highest BCUT2D eigenvalue weighted by molar-refractivity contribution is 6.30. The maximum Gasteiger partial charge on any atom is 0.225 e. The molecule has 0 aliphatic heterocycles. The van der Waals surface area contributed by atoms with E-state index in [4.69, 9.17) is 11.6 Å². The van der Waals surface area contributed by atoms with E-state index in [1.54, 1.807) is 0 Å². The van der Waals surface area contributed by atoms with Crippen molar-refractivity contribution in [2.75, 3.05) is 23.7 Å². The van der Waals surface area contributed by atoms with Crippen LogP contribution in [0.4, 0.5) is 11.8 Å². The Balaban J connectivity index is 1.73. The maximum absolute atomic E-state index is 5.90. The average molecular weight is 327 g/mol. The van der Waals surface area contributed by atoms with Crippen LogP contribution in [0.5, 0.6) is 0 Å². The highest BCUT2D eigenvalue weighted by atomic mass is 35.5. The lowest BCUT2D eigenvalue weighted by atomic mass is 10.1. The SMILES string of the molecule is CCNc1nc(NCCc2ccc(Cl)cc2)nc2ccccc12. The van der Waals surface area contributed by atoms with E-state index in [2.05, 4.69) is 27.5 Å². The number of aromatic nitrogens is 2. The molecule has 1 heterocycles. The summed E-state index contributed by atoms with van der Waals surface area (Å²) in [7, 11) is 0. The lowest BCUT2D eigenvalue weighted by Gasteiger charge is -2.10. The summed E-state index contributed by atoms with van der Waals surface area (Å²) in [5.74, 6) is 1.51. The Hall–Kier alpha value is -2.33. The van der Waals surface area contributed by atoms with Gasteiger partial charge in [-0.2, -0.15) is 4.98 Å². The molecule has 0 atom stereocenters. The molecule has 0 aliphatic carbocycles. The van der Waals surface area contributed by atoms with Crippen molar-refractivity contribution >= 4 is 34.3 Å². The number of nitrogens with one attached hydrogen (secondary N) is 2. The highest BCUT2D eigenvalue weighted by Crippen LogP contribution is 2.21. The van der Waals surface area contributed by atoms with Gasteiger partial charge in [-0.15, -0.1) is 0 Å². The van der Waals surface area contributed by atoms with Gasteiger partial charge in [-0.1, -0.05) is 35.9 Å². The summed E-state index contributed by atoms with van der Waals surface area (Å²) in [6, 6.07) is 15.9. The molecule has 23 heavy (non-hydrogen) atoms. The average Bonchev–Trinajstić information content (AvgIpc) is 2.57. The molecule has 0 spiro atoms. The summed E-state index contributed by atoms with van der Waals surface area (Å²) in [5, 5.41) is 8.40. The summed E-state index contributed by atoms with van der Waals surface area (Å²) in [6.07, 6.45) is 0.893. The molecular weight excluding hydrogens is 308 g/mol. The molecule has 0 aliphatic rings. The quantitative estimate of drug-likeness (QED) is 0.706. The van der Waals surface area contributed by atoms with Crippen molar-refractivity contribution in [1.82, 2.24) is 9.97 Å². The monoisotopic (exact) mass is 326 g/mol. The van der Waals surface area contributed by atoms with Gasteiger partial charge >= 0.3 is 0 Å². The molecule has 0 saturated carbocycles. The normalized spacial score (nSPS) is 10.7. The zero-order valence-corrected chi connectivity index (χ0v) is 13.8. The molecule has 0 bridgehead atoms. The number of para-hydroxylation sites is 1. The number of nitrogens with zero attached hydrogens (tertiary/aromatic N) is 2. The standard InChI is InChI=1S/C18H19ClN4/c1-2-20-17-15-5-3-4-6-16(15)22-18(23-17)21-12-11-13-7-9-14(19)10-8-13/h3-10H,2,11-12H2,1H3,(H2,20,21,22,23). The van der Waals surface area contributed by atoms with E-state index < -0.39 is 0 Å². The van der Waals surface area contributed by atoms with Crippen LogP contribution in [0.1, 0.15) is 12.5 Å². The Morgan fingerprint density at radius 2 is 1.74 bits per heavy atom. The Morgan fingerprint density at radius 1 is 0.957 bits per heavy atom. The van der Waals surface area contributed by atoms with Crippen molar-refractivity contribution in [2.24, 2.45) is 0 Å². The van der Waals surface area contributed by atoms with Crippen molar-refractivity contribution in [3.05, 3.63) is 59.1 Å². The van der Waals surface area contributed by atoms with Gasteiger partial charge in [-0.3, -0.25) is 0 Å². The smallest absolute Gasteiger partial charge is 0.225 e. The molecule has 2 N–H and O–H groups in total. The van der Waals surface area contributed by atoms with Crippen LogP contribution in [0, 0.1) is 0 Å². The number of anilines is 2. The van der Waals surface area contributed by atoms with Gasteiger partial charge in [-0.05, 0) is 43.2 Å². The molecule has 0 radical (unpaired) electrons. The predicted molar refractivity (Wildman–Crippen MR) is 97.3 cm³/mol. The van der Waals surface area contributed by atoms with Gasteiger partial charge in [0, 0.05) is 23.5 Å². The maximum atomic E-state index is 5.90. The third kappa shape index (κ3) is 3.90. The van der Waals surface area contributed by atoms with E-state index in [0.29, 0.717) is 5.95 Å². The second kappa shape index (κ2) is 7.29. The topological polar surface area (TPSA) is 49.8 Å². The van der Waals surface area contributed by atoms with Gasteiger partial charge in [0.25, 0.3) is 0 Å². The lowest BCUT2D eigenvalue weighted by Crippen LogP contribution is -2.10. The predicted octanol–water partition coefficient (Wildman–Crippen LogP) is 4.37. The van der Waals surface area contributed by atoms with Crippen LogP contribution >= 0.6 is 11.6 Å². The Labute approximate surface area is 140 Å². The Kier molecular flexibility index (Phi) is 4.93. The van der Waals surface area contributed by atoms with Crippen molar-refractivity contribution in [3.8, 4) is 0 Å². The van der Waals surface area contributed by atoms with E-state index >= 15 is 0 Å². The van der Waals surface area contributed by atoms with Crippen LogP contribution in [0.15, 0.2) is 48.5 Å². The number of hydrogen-bond acceptors (Lipinski definition) is 4. The number of fused-ring (bicyclic) bond motifs is 1. The van der Waals surface area contributed by atoms with Gasteiger partial charge in [0.1, 0.15) is 5.82 Å². The first-order valence-corrected chi connectivity index (χ1v) is 8.13. The van der Waals surface area contributed by atoms with Crippen LogP contribution in [0.3, 0.4) is 0 Å². The molecule has 0 amide bonds. The van der Waals surface area contributed by atoms with Crippen molar-refractivity contribution in [2.45, 2.75) is 13.3 Å². The first-order chi connectivity index (χ1) is 11.3. The van der Waals surface area contributed by atoms with E-state index in [1.807, 2.05) is 48.5 Å². The number of halogens is 1. The molecule has 118 valence electrons. The fourth-order valence-electron chi connectivity index (χ4n) is 2.43. The van der Waals surface area contributed by atoms with E-state index in [9.17, 15) is 0 Å². The zero-order chi connectivity index (χ0) is 16.1. The van der Waals surface area contributed by atoms with Gasteiger partial charge in [0.15, 0.2) is 0 Å². The fraction of sp³-hybridized carbons (Fsp3) is 0.222. The minimum absolute atomic E-state index is 0.647. The van der Waals surface area contributed by atoms with Gasteiger partial charge in [-0.25, -0.2) is 4.98 Å². The summed E-state index contributed by atoms with van der Waals surface area (Å²) in [6.45, 7) is 3.65. The van der Waals surface area contributed by atoms with Crippen molar-refractivity contribution in [3.63, 3.8) is 0 Å². The second-order valence-corrected chi connectivity index (χ2v) is 5.68.